The van der Waals surface area contributed by atoms with Gasteiger partial charge in [0.2, 0.25) is 5.91 Å². The molecule has 2 N–H and O–H groups in total. The zero-order chi connectivity index (χ0) is 17.5. The number of amides is 1. The van der Waals surface area contributed by atoms with E-state index in [9.17, 15) is 9.18 Å². The molecule has 0 bridgehead atoms. The fraction of sp³-hybridized carbons (Fsp3) is 0.278. The van der Waals surface area contributed by atoms with E-state index in [1.165, 1.54) is 13.2 Å². The van der Waals surface area contributed by atoms with Crippen molar-refractivity contribution in [2.75, 3.05) is 19.0 Å². The number of halogens is 2. The lowest BCUT2D eigenvalue weighted by atomic mass is 10.2. The molecule has 0 spiro atoms. The molecule has 6 heteroatoms. The number of ether oxygens (including phenoxy) is 1. The van der Waals surface area contributed by atoms with Crippen LogP contribution in [0.5, 0.6) is 5.75 Å². The third-order valence-corrected chi connectivity index (χ3v) is 3.96. The van der Waals surface area contributed by atoms with Gasteiger partial charge in [-0.2, -0.15) is 0 Å². The predicted octanol–water partition coefficient (Wildman–Crippen LogP) is 3.91. The molecule has 0 aliphatic rings. The first-order chi connectivity index (χ1) is 11.5. The molecule has 4 nitrogen and oxygen atoms in total. The van der Waals surface area contributed by atoms with Crippen molar-refractivity contribution in [2.24, 2.45) is 0 Å². The topological polar surface area (TPSA) is 50.4 Å². The largest absolute Gasteiger partial charge is 0.495 e. The second kappa shape index (κ2) is 8.66. The first-order valence-electron chi connectivity index (χ1n) is 7.59. The molecule has 24 heavy (non-hydrogen) atoms. The van der Waals surface area contributed by atoms with Crippen LogP contribution in [0.2, 0.25) is 5.02 Å². The van der Waals surface area contributed by atoms with Crippen molar-refractivity contribution in [1.82, 2.24) is 5.32 Å². The van der Waals surface area contributed by atoms with E-state index in [2.05, 4.69) is 10.6 Å². The fourth-order valence-electron chi connectivity index (χ4n) is 2.21. The first-order valence-corrected chi connectivity index (χ1v) is 7.97. The van der Waals surface area contributed by atoms with Crippen molar-refractivity contribution in [2.45, 2.75) is 19.9 Å². The van der Waals surface area contributed by atoms with E-state index in [-0.39, 0.29) is 18.1 Å². The van der Waals surface area contributed by atoms with E-state index >= 15 is 0 Å². The average Bonchev–Trinajstić information content (AvgIpc) is 2.56. The maximum absolute atomic E-state index is 13.5. The summed E-state index contributed by atoms with van der Waals surface area (Å²) in [5, 5.41) is 6.44. The molecule has 2 aromatic rings. The van der Waals surface area contributed by atoms with Gasteiger partial charge in [0.25, 0.3) is 0 Å². The van der Waals surface area contributed by atoms with Gasteiger partial charge in [0.05, 0.1) is 12.8 Å². The minimum atomic E-state index is -0.254. The van der Waals surface area contributed by atoms with Crippen molar-refractivity contribution in [1.29, 1.82) is 0 Å². The Balaban J connectivity index is 1.84. The summed E-state index contributed by atoms with van der Waals surface area (Å²) in [6, 6.07) is 9.99. The van der Waals surface area contributed by atoms with Gasteiger partial charge in [-0.25, -0.2) is 4.39 Å². The van der Waals surface area contributed by atoms with Crippen LogP contribution >= 0.6 is 11.6 Å². The van der Waals surface area contributed by atoms with Crippen LogP contribution in [-0.2, 0) is 11.3 Å². The van der Waals surface area contributed by atoms with Gasteiger partial charge in [-0.1, -0.05) is 29.8 Å². The number of rotatable bonds is 7. The second-order valence-corrected chi connectivity index (χ2v) is 5.78. The molecule has 0 heterocycles. The van der Waals surface area contributed by atoms with Crippen LogP contribution in [0.4, 0.5) is 10.1 Å². The van der Waals surface area contributed by atoms with E-state index in [1.807, 2.05) is 6.92 Å². The van der Waals surface area contributed by atoms with Gasteiger partial charge in [-0.3, -0.25) is 4.79 Å². The van der Waals surface area contributed by atoms with Crippen molar-refractivity contribution in [3.8, 4) is 5.75 Å². The van der Waals surface area contributed by atoms with Gasteiger partial charge < -0.3 is 15.4 Å². The Morgan fingerprint density at radius 1 is 1.29 bits per heavy atom. The highest BCUT2D eigenvalue weighted by atomic mass is 35.5. The van der Waals surface area contributed by atoms with Gasteiger partial charge in [-0.05, 0) is 24.6 Å². The molecule has 0 saturated carbocycles. The van der Waals surface area contributed by atoms with Gasteiger partial charge >= 0.3 is 0 Å². The van der Waals surface area contributed by atoms with Crippen LogP contribution < -0.4 is 15.4 Å². The summed E-state index contributed by atoms with van der Waals surface area (Å²) in [7, 11) is 1.52. The molecule has 0 aliphatic heterocycles. The number of nitrogens with one attached hydrogen (secondary N) is 2. The molecule has 128 valence electrons. The SMILES string of the molecule is COc1cc(Cl)c(C)cc1NC(=O)CCNCc1ccccc1F. The highest BCUT2D eigenvalue weighted by Crippen LogP contribution is 2.30. The number of methoxy groups -OCH3 is 1. The molecule has 0 radical (unpaired) electrons. The van der Waals surface area contributed by atoms with Crippen molar-refractivity contribution in [3.05, 3.63) is 58.4 Å². The molecular formula is C18H20ClFN2O2. The van der Waals surface area contributed by atoms with Crippen molar-refractivity contribution in [3.63, 3.8) is 0 Å². The van der Waals surface area contributed by atoms with E-state index < -0.39 is 0 Å². The molecular weight excluding hydrogens is 331 g/mol. The van der Waals surface area contributed by atoms with Gasteiger partial charge in [0.15, 0.2) is 0 Å². The van der Waals surface area contributed by atoms with Crippen LogP contribution in [0.3, 0.4) is 0 Å². The average molecular weight is 351 g/mol. The Labute approximate surface area is 146 Å². The van der Waals surface area contributed by atoms with Crippen molar-refractivity contribution >= 4 is 23.2 Å². The van der Waals surface area contributed by atoms with Gasteiger partial charge in [0.1, 0.15) is 11.6 Å². The zero-order valence-electron chi connectivity index (χ0n) is 13.7. The number of anilines is 1. The molecule has 0 fully saturated rings. The molecule has 0 saturated heterocycles. The lowest BCUT2D eigenvalue weighted by Gasteiger charge is -2.12. The van der Waals surface area contributed by atoms with Crippen LogP contribution in [0.15, 0.2) is 36.4 Å². The Kier molecular flexibility index (Phi) is 6.58. The molecule has 0 atom stereocenters. The molecule has 0 aliphatic carbocycles. The smallest absolute Gasteiger partial charge is 0.225 e. The Hall–Kier alpha value is -2.11. The van der Waals surface area contributed by atoms with Crippen molar-refractivity contribution < 1.29 is 13.9 Å². The fourth-order valence-corrected chi connectivity index (χ4v) is 2.36. The summed E-state index contributed by atoms with van der Waals surface area (Å²) in [4.78, 5) is 12.0. The number of hydrogen-bond donors (Lipinski definition) is 2. The Morgan fingerprint density at radius 3 is 2.75 bits per heavy atom. The normalized spacial score (nSPS) is 10.5. The number of hydrogen-bond acceptors (Lipinski definition) is 3. The molecule has 1 amide bonds. The van der Waals surface area contributed by atoms with Crippen LogP contribution in [-0.4, -0.2) is 19.6 Å². The molecule has 0 unspecified atom stereocenters. The summed E-state index contributed by atoms with van der Waals surface area (Å²) in [5.41, 5.74) is 2.01. The van der Waals surface area contributed by atoms with E-state index in [0.717, 1.165) is 5.56 Å². The predicted molar refractivity (Wildman–Crippen MR) is 94.1 cm³/mol. The van der Waals surface area contributed by atoms with Crippen LogP contribution in [0.1, 0.15) is 17.5 Å². The minimum Gasteiger partial charge on any atom is -0.495 e. The lowest BCUT2D eigenvalue weighted by molar-refractivity contribution is -0.116. The second-order valence-electron chi connectivity index (χ2n) is 5.37. The molecule has 2 rings (SSSR count). The third kappa shape index (κ3) is 4.94. The van der Waals surface area contributed by atoms with Gasteiger partial charge in [0, 0.05) is 36.2 Å². The number of carbonyl (C=O) groups is 1. The molecule has 0 aromatic heterocycles. The van der Waals surface area contributed by atoms with E-state index in [0.29, 0.717) is 35.1 Å². The number of benzene rings is 2. The summed E-state index contributed by atoms with van der Waals surface area (Å²) >= 11 is 6.04. The zero-order valence-corrected chi connectivity index (χ0v) is 14.4. The lowest BCUT2D eigenvalue weighted by Crippen LogP contribution is -2.22. The first kappa shape index (κ1) is 18.2. The minimum absolute atomic E-state index is 0.156. The summed E-state index contributed by atoms with van der Waals surface area (Å²) < 4.78 is 18.7. The Morgan fingerprint density at radius 2 is 2.04 bits per heavy atom. The van der Waals surface area contributed by atoms with Gasteiger partial charge in [-0.15, -0.1) is 0 Å². The summed E-state index contributed by atoms with van der Waals surface area (Å²) in [6.45, 7) is 2.67. The number of carbonyl (C=O) groups excluding carboxylic acids is 1. The highest BCUT2D eigenvalue weighted by Gasteiger charge is 2.10. The van der Waals surface area contributed by atoms with E-state index in [1.54, 1.807) is 30.3 Å². The number of aryl methyl sites for hydroxylation is 1. The van der Waals surface area contributed by atoms with E-state index in [4.69, 9.17) is 16.3 Å². The van der Waals surface area contributed by atoms with Crippen LogP contribution in [0, 0.1) is 12.7 Å². The third-order valence-electron chi connectivity index (χ3n) is 3.56. The maximum atomic E-state index is 13.5. The maximum Gasteiger partial charge on any atom is 0.225 e. The van der Waals surface area contributed by atoms with Crippen LogP contribution in [0.25, 0.3) is 0 Å². The summed E-state index contributed by atoms with van der Waals surface area (Å²) in [5.74, 6) is 0.102. The molecule has 2 aromatic carbocycles. The highest BCUT2D eigenvalue weighted by molar-refractivity contribution is 6.31. The monoisotopic (exact) mass is 350 g/mol. The quantitative estimate of drug-likeness (QED) is 0.744. The Bertz CT molecular complexity index is 722. The summed E-state index contributed by atoms with van der Waals surface area (Å²) in [6.07, 6.45) is 0.263. The standard InChI is InChI=1S/C18H20ClFN2O2/c1-12-9-16(17(24-2)10-14(12)19)22-18(23)7-8-21-11-13-5-3-4-6-15(13)20/h3-6,9-10,21H,7-8,11H2,1-2H3,(H,22,23).